The summed E-state index contributed by atoms with van der Waals surface area (Å²) in [6.07, 6.45) is 5.31. The molecule has 0 saturated carbocycles. The lowest BCUT2D eigenvalue weighted by molar-refractivity contribution is 0.557. The van der Waals surface area contributed by atoms with Crippen molar-refractivity contribution >= 4 is 48.6 Å². The SMILES string of the molecule is [B]C1([B])Cc2ncc(Nc3ccncc3C)cc2C([B])([B])N1c1nnc(C#N)c(C)c1C. The van der Waals surface area contributed by atoms with Crippen LogP contribution < -0.4 is 10.2 Å². The quantitative estimate of drug-likeness (QED) is 0.651. The van der Waals surface area contributed by atoms with E-state index in [1.165, 1.54) is 4.90 Å². The molecule has 4 rings (SSSR count). The minimum atomic E-state index is -1.64. The van der Waals surface area contributed by atoms with Gasteiger partial charge in [-0.1, -0.05) is 0 Å². The van der Waals surface area contributed by atoms with Gasteiger partial charge in [-0.25, -0.2) is 0 Å². The van der Waals surface area contributed by atoms with Gasteiger partial charge in [0.05, 0.1) is 43.3 Å². The van der Waals surface area contributed by atoms with E-state index >= 15 is 0 Å². The van der Waals surface area contributed by atoms with Gasteiger partial charge in [0.15, 0.2) is 11.5 Å². The number of fused-ring (bicyclic) bond motifs is 1. The number of hydrogen-bond donors (Lipinski definition) is 1. The van der Waals surface area contributed by atoms with Gasteiger partial charge in [0.1, 0.15) is 6.07 Å². The first-order valence-corrected chi connectivity index (χ1v) is 9.93. The summed E-state index contributed by atoms with van der Waals surface area (Å²) in [5.41, 5.74) is 5.20. The first kappa shape index (κ1) is 21.9. The molecule has 1 N–H and O–H groups in total. The second-order valence-corrected chi connectivity index (χ2v) is 8.10. The van der Waals surface area contributed by atoms with Crippen LogP contribution in [0.2, 0.25) is 0 Å². The standard InChI is InChI=1S/C21H17B4N7/c1-11-9-27-5-4-16(11)29-14-6-15-17(28-10-14)7-20(22,23)32(21(15,24)25)19-13(3)12(2)18(8-26)30-31-19/h4-6,9-10H,7H2,1-3H3,(H,27,29). The molecule has 0 atom stereocenters. The molecular formula is C21H17B4N7. The Balaban J connectivity index is 1.82. The third-order valence-electron chi connectivity index (χ3n) is 5.75. The van der Waals surface area contributed by atoms with Crippen molar-refractivity contribution in [2.45, 2.75) is 37.9 Å². The monoisotopic (exact) mass is 411 g/mol. The molecule has 0 amide bonds. The zero-order valence-electron chi connectivity index (χ0n) is 18.1. The van der Waals surface area contributed by atoms with E-state index in [0.29, 0.717) is 33.9 Å². The number of nitrogens with zero attached hydrogens (tertiary/aromatic N) is 6. The van der Waals surface area contributed by atoms with E-state index < -0.39 is 10.7 Å². The van der Waals surface area contributed by atoms with Gasteiger partial charge < -0.3 is 10.2 Å². The van der Waals surface area contributed by atoms with Gasteiger partial charge in [0, 0.05) is 23.8 Å². The molecule has 8 radical (unpaired) electrons. The number of nitrogens with one attached hydrogen (secondary N) is 1. The van der Waals surface area contributed by atoms with Crippen LogP contribution in [0.15, 0.2) is 30.7 Å². The molecule has 0 saturated heterocycles. The smallest absolute Gasteiger partial charge is 0.166 e. The lowest BCUT2D eigenvalue weighted by atomic mass is 9.46. The number of rotatable bonds is 3. The van der Waals surface area contributed by atoms with E-state index in [0.717, 1.165) is 11.3 Å². The molecule has 3 aromatic rings. The Hall–Kier alpha value is -3.27. The summed E-state index contributed by atoms with van der Waals surface area (Å²) >= 11 is 0. The van der Waals surface area contributed by atoms with Crippen LogP contribution in [-0.4, -0.2) is 56.9 Å². The van der Waals surface area contributed by atoms with Gasteiger partial charge in [0.25, 0.3) is 0 Å². The Morgan fingerprint density at radius 3 is 2.53 bits per heavy atom. The minimum Gasteiger partial charge on any atom is -0.374 e. The van der Waals surface area contributed by atoms with Gasteiger partial charge in [-0.2, -0.15) is 5.26 Å². The Bertz CT molecular complexity index is 1250. The van der Waals surface area contributed by atoms with Crippen molar-refractivity contribution < 1.29 is 0 Å². The highest BCUT2D eigenvalue weighted by molar-refractivity contribution is 6.48. The van der Waals surface area contributed by atoms with Crippen molar-refractivity contribution in [2.24, 2.45) is 0 Å². The lowest BCUT2D eigenvalue weighted by Crippen LogP contribution is -2.66. The molecule has 4 heterocycles. The molecule has 1 aliphatic rings. The maximum atomic E-state index is 9.27. The first-order valence-electron chi connectivity index (χ1n) is 9.93. The molecule has 0 bridgehead atoms. The molecule has 3 aromatic heterocycles. The maximum absolute atomic E-state index is 9.27. The highest BCUT2D eigenvalue weighted by atomic mass is 15.3. The van der Waals surface area contributed by atoms with Crippen molar-refractivity contribution in [1.82, 2.24) is 20.2 Å². The van der Waals surface area contributed by atoms with Crippen LogP contribution in [0.4, 0.5) is 17.2 Å². The van der Waals surface area contributed by atoms with Crippen LogP contribution in [0.3, 0.4) is 0 Å². The Kier molecular flexibility index (Phi) is 5.28. The Morgan fingerprint density at radius 2 is 1.84 bits per heavy atom. The number of hydrogen-bond acceptors (Lipinski definition) is 7. The Labute approximate surface area is 192 Å². The molecule has 7 nitrogen and oxygen atoms in total. The summed E-state index contributed by atoms with van der Waals surface area (Å²) in [5.74, 6) is 0.311. The average Bonchev–Trinajstić information content (AvgIpc) is 2.73. The predicted molar refractivity (Wildman–Crippen MR) is 126 cm³/mol. The third kappa shape index (κ3) is 3.54. The molecular weight excluding hydrogens is 394 g/mol. The van der Waals surface area contributed by atoms with Crippen LogP contribution in [0.1, 0.15) is 33.6 Å². The van der Waals surface area contributed by atoms with Crippen molar-refractivity contribution in [1.29, 1.82) is 5.26 Å². The normalized spacial score (nSPS) is 16.1. The minimum absolute atomic E-state index is 0.174. The van der Waals surface area contributed by atoms with E-state index in [1.54, 1.807) is 32.4 Å². The molecule has 32 heavy (non-hydrogen) atoms. The molecule has 0 aromatic carbocycles. The zero-order valence-corrected chi connectivity index (χ0v) is 18.1. The van der Waals surface area contributed by atoms with E-state index in [2.05, 4.69) is 25.5 Å². The molecule has 0 aliphatic carbocycles. The largest absolute Gasteiger partial charge is 0.374 e. The second kappa shape index (κ2) is 7.70. The highest BCUT2D eigenvalue weighted by Crippen LogP contribution is 2.41. The number of aromatic nitrogens is 4. The summed E-state index contributed by atoms with van der Waals surface area (Å²) in [6, 6.07) is 5.71. The van der Waals surface area contributed by atoms with Crippen LogP contribution in [0, 0.1) is 32.1 Å². The fourth-order valence-electron chi connectivity index (χ4n) is 3.91. The number of anilines is 3. The summed E-state index contributed by atoms with van der Waals surface area (Å²) in [6.45, 7) is 5.52. The molecule has 0 unspecified atom stereocenters. The number of aryl methyl sites for hydroxylation is 1. The van der Waals surface area contributed by atoms with Crippen molar-refractivity contribution in [3.63, 3.8) is 0 Å². The van der Waals surface area contributed by atoms with E-state index in [1.807, 2.05) is 25.1 Å². The van der Waals surface area contributed by atoms with E-state index in [-0.39, 0.29) is 12.1 Å². The van der Waals surface area contributed by atoms with Gasteiger partial charge in [0.2, 0.25) is 0 Å². The molecule has 1 aliphatic heterocycles. The van der Waals surface area contributed by atoms with Crippen LogP contribution in [0.25, 0.3) is 0 Å². The van der Waals surface area contributed by atoms with Gasteiger partial charge in [-0.3, -0.25) is 9.97 Å². The van der Waals surface area contributed by atoms with Gasteiger partial charge in [-0.15, -0.1) is 10.2 Å². The molecule has 0 fully saturated rings. The topological polar surface area (TPSA) is 90.6 Å². The lowest BCUT2D eigenvalue weighted by Gasteiger charge is -2.56. The van der Waals surface area contributed by atoms with Gasteiger partial charge >= 0.3 is 0 Å². The predicted octanol–water partition coefficient (Wildman–Crippen LogP) is 1.31. The third-order valence-corrected chi connectivity index (χ3v) is 5.75. The van der Waals surface area contributed by atoms with Crippen molar-refractivity contribution in [2.75, 3.05) is 10.2 Å². The van der Waals surface area contributed by atoms with E-state index in [9.17, 15) is 5.26 Å². The van der Waals surface area contributed by atoms with Gasteiger partial charge in [-0.05, 0) is 72.3 Å². The average molecular weight is 411 g/mol. The highest BCUT2D eigenvalue weighted by Gasteiger charge is 2.45. The number of pyridine rings is 2. The van der Waals surface area contributed by atoms with Crippen LogP contribution in [0.5, 0.6) is 0 Å². The molecule has 0 spiro atoms. The van der Waals surface area contributed by atoms with Crippen molar-refractivity contribution in [3.05, 3.63) is 64.4 Å². The summed E-state index contributed by atoms with van der Waals surface area (Å²) < 4.78 is 0. The first-order chi connectivity index (χ1) is 15.1. The van der Waals surface area contributed by atoms with Crippen LogP contribution >= 0.6 is 0 Å². The number of nitriles is 1. The fourth-order valence-corrected chi connectivity index (χ4v) is 3.91. The molecule has 11 heteroatoms. The molecule has 148 valence electrons. The van der Waals surface area contributed by atoms with Crippen LogP contribution in [-0.2, 0) is 11.8 Å². The van der Waals surface area contributed by atoms with E-state index in [4.69, 9.17) is 31.4 Å². The van der Waals surface area contributed by atoms with Crippen molar-refractivity contribution in [3.8, 4) is 6.07 Å². The second-order valence-electron chi connectivity index (χ2n) is 8.10. The summed E-state index contributed by atoms with van der Waals surface area (Å²) in [5, 5.41) is 17.6. The maximum Gasteiger partial charge on any atom is 0.166 e. The Morgan fingerprint density at radius 1 is 1.09 bits per heavy atom. The fraction of sp³-hybridized carbons (Fsp3) is 0.286. The zero-order chi connectivity index (χ0) is 23.3. The summed E-state index contributed by atoms with van der Waals surface area (Å²) in [7, 11) is 26.2. The summed E-state index contributed by atoms with van der Waals surface area (Å²) in [4.78, 5) is 10.1.